The number of ether oxygens (including phenoxy) is 2. The maximum atomic E-state index is 11.9. The number of likely N-dealkylation sites (tertiary alicyclic amines) is 1. The summed E-state index contributed by atoms with van der Waals surface area (Å²) in [6, 6.07) is 0.331. The van der Waals surface area contributed by atoms with Gasteiger partial charge < -0.3 is 25.0 Å². The predicted octanol–water partition coefficient (Wildman–Crippen LogP) is 2.43. The molecular weight excluding hydrogens is 497 g/mol. The SMILES string of the molecule is CCOC(=O)N1CCC(NC(=NC)NCC2(N3CCOCC3)CCCCC2)CC1.I. The van der Waals surface area contributed by atoms with E-state index in [4.69, 9.17) is 9.47 Å². The van der Waals surface area contributed by atoms with Crippen LogP contribution in [-0.2, 0) is 9.47 Å². The van der Waals surface area contributed by atoms with Crippen LogP contribution in [0.4, 0.5) is 4.79 Å². The normalized spacial score (nSPS) is 23.4. The van der Waals surface area contributed by atoms with Gasteiger partial charge in [0.2, 0.25) is 0 Å². The first-order valence-electron chi connectivity index (χ1n) is 11.4. The van der Waals surface area contributed by atoms with E-state index >= 15 is 0 Å². The molecule has 9 heteroatoms. The predicted molar refractivity (Wildman–Crippen MR) is 130 cm³/mol. The highest BCUT2D eigenvalue weighted by Gasteiger charge is 2.38. The Morgan fingerprint density at radius 3 is 2.40 bits per heavy atom. The molecule has 2 N–H and O–H groups in total. The molecule has 1 saturated carbocycles. The fraction of sp³-hybridized carbons (Fsp3) is 0.905. The van der Waals surface area contributed by atoms with Gasteiger partial charge in [-0.05, 0) is 32.6 Å². The van der Waals surface area contributed by atoms with Crippen molar-refractivity contribution in [1.29, 1.82) is 0 Å². The van der Waals surface area contributed by atoms with Crippen molar-refractivity contribution in [1.82, 2.24) is 20.4 Å². The van der Waals surface area contributed by atoms with E-state index in [9.17, 15) is 4.79 Å². The molecule has 30 heavy (non-hydrogen) atoms. The highest BCUT2D eigenvalue weighted by Crippen LogP contribution is 2.33. The van der Waals surface area contributed by atoms with Crippen molar-refractivity contribution in [3.63, 3.8) is 0 Å². The quantitative estimate of drug-likeness (QED) is 0.319. The summed E-state index contributed by atoms with van der Waals surface area (Å²) in [5, 5.41) is 7.20. The first kappa shape index (κ1) is 25.5. The van der Waals surface area contributed by atoms with E-state index in [-0.39, 0.29) is 35.6 Å². The van der Waals surface area contributed by atoms with Gasteiger partial charge >= 0.3 is 6.09 Å². The summed E-state index contributed by atoms with van der Waals surface area (Å²) in [5.74, 6) is 0.873. The molecule has 8 nitrogen and oxygen atoms in total. The van der Waals surface area contributed by atoms with E-state index in [1.807, 2.05) is 14.0 Å². The number of rotatable bonds is 5. The third kappa shape index (κ3) is 6.85. The lowest BCUT2D eigenvalue weighted by Crippen LogP contribution is -2.61. The second-order valence-corrected chi connectivity index (χ2v) is 8.41. The average molecular weight is 537 g/mol. The summed E-state index contributed by atoms with van der Waals surface area (Å²) in [6.07, 6.45) is 8.07. The Labute approximate surface area is 198 Å². The largest absolute Gasteiger partial charge is 0.450 e. The van der Waals surface area contributed by atoms with Crippen LogP contribution in [0.1, 0.15) is 51.9 Å². The fourth-order valence-corrected chi connectivity index (χ4v) is 4.91. The van der Waals surface area contributed by atoms with Crippen LogP contribution in [0.3, 0.4) is 0 Å². The molecule has 0 spiro atoms. The van der Waals surface area contributed by atoms with Crippen molar-refractivity contribution in [2.75, 3.05) is 59.6 Å². The van der Waals surface area contributed by atoms with Crippen LogP contribution in [0.15, 0.2) is 4.99 Å². The highest BCUT2D eigenvalue weighted by molar-refractivity contribution is 14.0. The van der Waals surface area contributed by atoms with Gasteiger partial charge in [-0.25, -0.2) is 4.79 Å². The fourth-order valence-electron chi connectivity index (χ4n) is 4.91. The number of hydrogen-bond acceptors (Lipinski definition) is 5. The average Bonchev–Trinajstić information content (AvgIpc) is 2.78. The van der Waals surface area contributed by atoms with Crippen molar-refractivity contribution in [3.05, 3.63) is 0 Å². The number of carbonyl (C=O) groups excluding carboxylic acids is 1. The zero-order valence-electron chi connectivity index (χ0n) is 18.7. The van der Waals surface area contributed by atoms with Gasteiger partial charge in [0, 0.05) is 51.4 Å². The van der Waals surface area contributed by atoms with E-state index in [2.05, 4.69) is 20.5 Å². The molecule has 3 rings (SSSR count). The smallest absolute Gasteiger partial charge is 0.409 e. The Bertz CT molecular complexity index is 543. The molecule has 2 saturated heterocycles. The van der Waals surface area contributed by atoms with Crippen molar-refractivity contribution in [2.45, 2.75) is 63.5 Å². The zero-order chi connectivity index (χ0) is 20.5. The van der Waals surface area contributed by atoms with E-state index in [1.165, 1.54) is 32.1 Å². The number of amides is 1. The van der Waals surface area contributed by atoms with Crippen molar-refractivity contribution in [2.24, 2.45) is 4.99 Å². The van der Waals surface area contributed by atoms with Crippen LogP contribution in [0, 0.1) is 0 Å². The molecule has 174 valence electrons. The molecule has 3 fully saturated rings. The number of aliphatic imine (C=N–C) groups is 1. The third-order valence-electron chi connectivity index (χ3n) is 6.64. The summed E-state index contributed by atoms with van der Waals surface area (Å²) in [4.78, 5) is 20.8. The van der Waals surface area contributed by atoms with Gasteiger partial charge in [-0.2, -0.15) is 0 Å². The molecule has 3 aliphatic rings. The lowest BCUT2D eigenvalue weighted by atomic mass is 9.80. The lowest BCUT2D eigenvalue weighted by molar-refractivity contribution is -0.0353. The van der Waals surface area contributed by atoms with Crippen LogP contribution >= 0.6 is 24.0 Å². The second-order valence-electron chi connectivity index (χ2n) is 8.41. The molecule has 1 amide bonds. The molecule has 0 atom stereocenters. The van der Waals surface area contributed by atoms with E-state index in [0.717, 1.165) is 64.7 Å². The van der Waals surface area contributed by atoms with E-state index in [1.54, 1.807) is 4.90 Å². The van der Waals surface area contributed by atoms with Crippen LogP contribution in [0.2, 0.25) is 0 Å². The number of nitrogens with one attached hydrogen (secondary N) is 2. The minimum absolute atomic E-state index is 0. The van der Waals surface area contributed by atoms with Gasteiger partial charge in [-0.15, -0.1) is 24.0 Å². The molecule has 0 bridgehead atoms. The van der Waals surface area contributed by atoms with Gasteiger partial charge in [-0.3, -0.25) is 9.89 Å². The number of morpholine rings is 1. The molecule has 2 heterocycles. The van der Waals surface area contributed by atoms with Crippen molar-refractivity contribution >= 4 is 36.0 Å². The first-order chi connectivity index (χ1) is 14.2. The number of carbonyl (C=O) groups is 1. The monoisotopic (exact) mass is 537 g/mol. The van der Waals surface area contributed by atoms with Gasteiger partial charge in [0.25, 0.3) is 0 Å². The maximum Gasteiger partial charge on any atom is 0.409 e. The van der Waals surface area contributed by atoms with Crippen LogP contribution < -0.4 is 10.6 Å². The minimum Gasteiger partial charge on any atom is -0.450 e. The maximum absolute atomic E-state index is 11.9. The highest BCUT2D eigenvalue weighted by atomic mass is 127. The Morgan fingerprint density at radius 2 is 1.80 bits per heavy atom. The number of piperidine rings is 1. The van der Waals surface area contributed by atoms with Crippen LogP contribution in [0.25, 0.3) is 0 Å². The van der Waals surface area contributed by atoms with Gasteiger partial charge in [0.1, 0.15) is 0 Å². The Kier molecular flexibility index (Phi) is 10.9. The third-order valence-corrected chi connectivity index (χ3v) is 6.64. The molecule has 2 aliphatic heterocycles. The Morgan fingerprint density at radius 1 is 1.13 bits per heavy atom. The number of nitrogens with zero attached hydrogens (tertiary/aromatic N) is 3. The molecular formula is C21H40IN5O3. The van der Waals surface area contributed by atoms with Gasteiger partial charge in [0.15, 0.2) is 5.96 Å². The summed E-state index contributed by atoms with van der Waals surface area (Å²) in [5.41, 5.74) is 0.215. The molecule has 0 radical (unpaired) electrons. The number of halogens is 1. The Balaban J connectivity index is 0.00000320. The standard InChI is InChI=1S/C21H39N5O3.HI/c1-3-29-20(27)25-11-7-18(8-12-25)24-19(22-2)23-17-21(9-5-4-6-10-21)26-13-15-28-16-14-26;/h18H,3-17H2,1-2H3,(H2,22,23,24);1H. The lowest BCUT2D eigenvalue weighted by Gasteiger charge is -2.48. The summed E-state index contributed by atoms with van der Waals surface area (Å²) >= 11 is 0. The molecule has 0 unspecified atom stereocenters. The minimum atomic E-state index is -0.196. The zero-order valence-corrected chi connectivity index (χ0v) is 21.0. The number of guanidine groups is 1. The molecule has 0 aromatic heterocycles. The van der Waals surface area contributed by atoms with Gasteiger partial charge in [-0.1, -0.05) is 19.3 Å². The van der Waals surface area contributed by atoms with E-state index < -0.39 is 0 Å². The van der Waals surface area contributed by atoms with Gasteiger partial charge in [0.05, 0.1) is 19.8 Å². The summed E-state index contributed by atoms with van der Waals surface area (Å²) < 4.78 is 10.7. The van der Waals surface area contributed by atoms with E-state index in [0.29, 0.717) is 12.6 Å². The molecule has 0 aromatic carbocycles. The van der Waals surface area contributed by atoms with Crippen LogP contribution in [0.5, 0.6) is 0 Å². The van der Waals surface area contributed by atoms with Crippen molar-refractivity contribution < 1.29 is 14.3 Å². The van der Waals surface area contributed by atoms with Crippen molar-refractivity contribution in [3.8, 4) is 0 Å². The Hall–Kier alpha value is -0.810. The summed E-state index contributed by atoms with van der Waals surface area (Å²) in [7, 11) is 1.84. The summed E-state index contributed by atoms with van der Waals surface area (Å²) in [6.45, 7) is 8.39. The molecule has 1 aliphatic carbocycles. The second kappa shape index (κ2) is 12.9. The number of hydrogen-bond donors (Lipinski definition) is 2. The van der Waals surface area contributed by atoms with Crippen LogP contribution in [-0.4, -0.2) is 93.0 Å². The first-order valence-corrected chi connectivity index (χ1v) is 11.4. The topological polar surface area (TPSA) is 78.4 Å². The molecule has 0 aromatic rings.